The Balaban J connectivity index is 0.000000221. The molecule has 133 valence electrons. The molecule has 2 fully saturated rings. The molecule has 1 saturated carbocycles. The van der Waals surface area contributed by atoms with Gasteiger partial charge in [0.05, 0.1) is 14.2 Å². The van der Waals surface area contributed by atoms with Gasteiger partial charge in [-0.1, -0.05) is 31.8 Å². The van der Waals surface area contributed by atoms with E-state index in [9.17, 15) is 4.79 Å². The molecule has 24 heavy (non-hydrogen) atoms. The van der Waals surface area contributed by atoms with Gasteiger partial charge in [-0.15, -0.1) is 0 Å². The third kappa shape index (κ3) is 5.86. The van der Waals surface area contributed by atoms with Gasteiger partial charge in [-0.05, 0) is 50.3 Å². The molecule has 0 bridgehead atoms. The van der Waals surface area contributed by atoms with E-state index >= 15 is 0 Å². The Hall–Kier alpha value is -1.49. The van der Waals surface area contributed by atoms with Crippen LogP contribution in [0.1, 0.15) is 33.1 Å². The Labute approximate surface area is 147 Å². The Morgan fingerprint density at radius 3 is 2.25 bits per heavy atom. The van der Waals surface area contributed by atoms with E-state index < -0.39 is 0 Å². The number of rotatable bonds is 5. The molecular weight excluding hydrogens is 301 g/mol. The molecule has 5 heteroatoms. The minimum absolute atomic E-state index is 0.362. The molecule has 4 nitrogen and oxygen atoms in total. The van der Waals surface area contributed by atoms with E-state index in [1.807, 2.05) is 45.2 Å². The minimum Gasteiger partial charge on any atom is -0.493 e. The zero-order valence-corrected chi connectivity index (χ0v) is 15.7. The van der Waals surface area contributed by atoms with E-state index in [-0.39, 0.29) is 0 Å². The Morgan fingerprint density at radius 2 is 1.75 bits per heavy atom. The van der Waals surface area contributed by atoms with Gasteiger partial charge < -0.3 is 19.6 Å². The Kier molecular flexibility index (Phi) is 9.54. The highest BCUT2D eigenvalue weighted by Crippen LogP contribution is 2.54. The summed E-state index contributed by atoms with van der Waals surface area (Å²) in [5.41, 5.74) is 0. The highest BCUT2D eigenvalue weighted by atomic mass is 16.5. The van der Waals surface area contributed by atoms with Crippen LogP contribution >= 0.6 is 0 Å². The van der Waals surface area contributed by atoms with Crippen LogP contribution in [0.15, 0.2) is 24.3 Å². The summed E-state index contributed by atoms with van der Waals surface area (Å²) in [6, 6.07) is 7.53. The summed E-state index contributed by atoms with van der Waals surface area (Å²) in [5.74, 6) is 3.83. The van der Waals surface area contributed by atoms with Gasteiger partial charge >= 0.3 is 0 Å². The summed E-state index contributed by atoms with van der Waals surface area (Å²) in [7, 11) is 7.47. The molecule has 3 atom stereocenters. The topological polar surface area (TPSA) is 47.6 Å². The van der Waals surface area contributed by atoms with Crippen molar-refractivity contribution in [2.75, 3.05) is 27.8 Å². The monoisotopic (exact) mass is 332 g/mol. The predicted molar refractivity (Wildman–Crippen MR) is 100 cm³/mol. The van der Waals surface area contributed by atoms with Crippen LogP contribution in [-0.2, 0) is 4.79 Å². The molecule has 2 aliphatic rings. The van der Waals surface area contributed by atoms with E-state index in [2.05, 4.69) is 12.6 Å². The van der Waals surface area contributed by atoms with Gasteiger partial charge in [-0.2, -0.15) is 0 Å². The number of benzene rings is 1. The molecule has 0 spiro atoms. The van der Waals surface area contributed by atoms with Crippen molar-refractivity contribution in [3.8, 4) is 11.5 Å². The second kappa shape index (κ2) is 11.1. The summed E-state index contributed by atoms with van der Waals surface area (Å²) in [5, 5.41) is 3.17. The summed E-state index contributed by atoms with van der Waals surface area (Å²) in [6.45, 7) is 5.09. The third-order valence-electron chi connectivity index (χ3n) is 4.44. The summed E-state index contributed by atoms with van der Waals surface area (Å²) in [4.78, 5) is 11.2. The highest BCUT2D eigenvalue weighted by Gasteiger charge is 2.50. The lowest BCUT2D eigenvalue weighted by Gasteiger charge is -2.21. The molecule has 3 rings (SSSR count). The summed E-state index contributed by atoms with van der Waals surface area (Å²) < 4.78 is 10.0. The lowest BCUT2D eigenvalue weighted by atomic mass is 9.84. The molecule has 1 aliphatic heterocycles. The number of ether oxygens (including phenoxy) is 2. The van der Waals surface area contributed by atoms with Gasteiger partial charge in [0, 0.05) is 6.42 Å². The van der Waals surface area contributed by atoms with E-state index in [4.69, 9.17) is 9.47 Å². The first-order valence-corrected chi connectivity index (χ1v) is 8.90. The maximum Gasteiger partial charge on any atom is 0.160 e. The van der Waals surface area contributed by atoms with Crippen LogP contribution in [0.5, 0.6) is 11.5 Å². The maximum absolute atomic E-state index is 11.2. The molecule has 1 aliphatic carbocycles. The van der Waals surface area contributed by atoms with Gasteiger partial charge in [0.2, 0.25) is 0 Å². The molecule has 1 aromatic carbocycles. The van der Waals surface area contributed by atoms with Crippen molar-refractivity contribution in [3.05, 3.63) is 24.3 Å². The van der Waals surface area contributed by atoms with E-state index in [1.54, 1.807) is 14.2 Å². The van der Waals surface area contributed by atoms with E-state index in [0.29, 0.717) is 17.4 Å². The number of ketones is 1. The number of methoxy groups -OCH3 is 2. The molecule has 1 heterocycles. The number of carbonyl (C=O) groups excluding carboxylic acids is 1. The van der Waals surface area contributed by atoms with Crippen molar-refractivity contribution in [2.45, 2.75) is 44.7 Å². The van der Waals surface area contributed by atoms with Crippen molar-refractivity contribution in [1.29, 1.82) is 0 Å². The second-order valence-corrected chi connectivity index (χ2v) is 5.81. The average molecular weight is 332 g/mol. The lowest BCUT2D eigenvalue weighted by molar-refractivity contribution is -0.119. The van der Waals surface area contributed by atoms with Crippen LogP contribution in [0.25, 0.3) is 0 Å². The van der Waals surface area contributed by atoms with Crippen molar-refractivity contribution in [1.82, 2.24) is 5.32 Å². The van der Waals surface area contributed by atoms with Gasteiger partial charge in [0.15, 0.2) is 11.5 Å². The van der Waals surface area contributed by atoms with Crippen molar-refractivity contribution >= 4 is 13.1 Å². The standard InChI is InChI=1S/C9H15BNO.C8H10O2.C2H6/c1-11-5-4-6-2-3-7(12)9-8(6)10-9;1-9-7-5-3-4-6-8(7)10-2;1-2/h6,8-9,11H,2-5H2,1H3;3-6H,1-2H3;1-2H3. The molecule has 0 aromatic heterocycles. The van der Waals surface area contributed by atoms with Crippen LogP contribution < -0.4 is 14.8 Å². The molecule has 1 N–H and O–H groups in total. The number of Topliss-reactive ketones (excluding diaryl/α,β-unsaturated/α-hetero) is 1. The van der Waals surface area contributed by atoms with Crippen molar-refractivity contribution < 1.29 is 14.3 Å². The molecular formula is C19H31BNO3. The SMILES string of the molecule is CC.CNCCC1CCC(=O)C2[B]C12.COc1ccccc1OC. The smallest absolute Gasteiger partial charge is 0.160 e. The number of fused-ring (bicyclic) bond motifs is 1. The zero-order valence-electron chi connectivity index (χ0n) is 15.7. The van der Waals surface area contributed by atoms with Gasteiger partial charge in [-0.3, -0.25) is 0 Å². The van der Waals surface area contributed by atoms with E-state index in [1.165, 1.54) is 6.42 Å². The number of hydrogen-bond donors (Lipinski definition) is 1. The van der Waals surface area contributed by atoms with Crippen LogP contribution in [-0.4, -0.2) is 40.9 Å². The van der Waals surface area contributed by atoms with Crippen molar-refractivity contribution in [2.24, 2.45) is 5.92 Å². The first kappa shape index (κ1) is 20.6. The second-order valence-electron chi connectivity index (χ2n) is 5.81. The first-order chi connectivity index (χ1) is 11.7. The molecule has 1 aromatic rings. The quantitative estimate of drug-likeness (QED) is 0.837. The predicted octanol–water partition coefficient (Wildman–Crippen LogP) is 3.60. The summed E-state index contributed by atoms with van der Waals surface area (Å²) in [6.07, 6.45) is 3.19. The number of hydrogen-bond acceptors (Lipinski definition) is 4. The third-order valence-corrected chi connectivity index (χ3v) is 4.44. The number of para-hydroxylation sites is 2. The van der Waals surface area contributed by atoms with Gasteiger partial charge in [-0.25, -0.2) is 0 Å². The van der Waals surface area contributed by atoms with Gasteiger partial charge in [0.25, 0.3) is 0 Å². The van der Waals surface area contributed by atoms with Crippen LogP contribution in [0.4, 0.5) is 0 Å². The molecule has 3 unspecified atom stereocenters. The normalized spacial score (nSPS) is 23.4. The Bertz CT molecular complexity index is 472. The zero-order chi connectivity index (χ0) is 17.9. The fourth-order valence-corrected chi connectivity index (χ4v) is 3.09. The largest absolute Gasteiger partial charge is 0.493 e. The van der Waals surface area contributed by atoms with E-state index in [0.717, 1.165) is 36.8 Å². The first-order valence-electron chi connectivity index (χ1n) is 8.90. The van der Waals surface area contributed by atoms with Crippen LogP contribution in [0, 0.1) is 5.92 Å². The lowest BCUT2D eigenvalue weighted by Crippen LogP contribution is -2.17. The highest BCUT2D eigenvalue weighted by molar-refractivity contribution is 6.61. The fraction of sp³-hybridized carbons (Fsp3) is 0.632. The molecule has 0 amide bonds. The summed E-state index contributed by atoms with van der Waals surface area (Å²) >= 11 is 0. The van der Waals surface area contributed by atoms with Crippen LogP contribution in [0.2, 0.25) is 11.6 Å². The van der Waals surface area contributed by atoms with Gasteiger partial charge in [0.1, 0.15) is 13.1 Å². The maximum atomic E-state index is 11.2. The van der Waals surface area contributed by atoms with Crippen molar-refractivity contribution in [3.63, 3.8) is 0 Å². The minimum atomic E-state index is 0.362. The molecule has 1 radical (unpaired) electrons. The molecule has 1 saturated heterocycles. The Morgan fingerprint density at radius 1 is 1.17 bits per heavy atom. The average Bonchev–Trinajstić information content (AvgIpc) is 3.45. The fourth-order valence-electron chi connectivity index (χ4n) is 3.09. The number of carbonyl (C=O) groups is 1. The number of nitrogens with one attached hydrogen (secondary N) is 1. The van der Waals surface area contributed by atoms with Crippen LogP contribution in [0.3, 0.4) is 0 Å².